The van der Waals surface area contributed by atoms with E-state index in [1.54, 1.807) is 12.1 Å². The molecule has 18 heavy (non-hydrogen) atoms. The second kappa shape index (κ2) is 6.47. The van der Waals surface area contributed by atoms with Gasteiger partial charge >= 0.3 is 0 Å². The molecular weight excluding hydrogens is 230 g/mol. The third-order valence-electron chi connectivity index (χ3n) is 3.25. The molecule has 0 amide bonds. The van der Waals surface area contributed by atoms with Gasteiger partial charge in [0.2, 0.25) is 0 Å². The van der Waals surface area contributed by atoms with E-state index in [-0.39, 0.29) is 10.6 Å². The molecule has 5 heteroatoms. The molecule has 1 aromatic carbocycles. The number of non-ortho nitro benzene ring substituents is 1. The zero-order chi connectivity index (χ0) is 12.8. The second-order valence-electron chi connectivity index (χ2n) is 4.63. The number of hydrogen-bond donors (Lipinski definition) is 1. The largest absolute Gasteiger partial charge is 0.269 e. The molecule has 0 saturated carbocycles. The molecule has 0 unspecified atom stereocenters. The Morgan fingerprint density at radius 2 is 1.83 bits per heavy atom. The van der Waals surface area contributed by atoms with Crippen molar-refractivity contribution >= 4 is 5.69 Å². The number of benzene rings is 1. The van der Waals surface area contributed by atoms with Gasteiger partial charge in [0.25, 0.3) is 5.69 Å². The van der Waals surface area contributed by atoms with E-state index >= 15 is 0 Å². The Morgan fingerprint density at radius 3 is 2.44 bits per heavy atom. The molecule has 1 heterocycles. The summed E-state index contributed by atoms with van der Waals surface area (Å²) in [4.78, 5) is 10.2. The summed E-state index contributed by atoms with van der Waals surface area (Å²) in [5.41, 5.74) is 4.69. The van der Waals surface area contributed by atoms with Gasteiger partial charge in [0, 0.05) is 31.8 Å². The number of nitro benzene ring substituents is 1. The quantitative estimate of drug-likeness (QED) is 0.641. The molecule has 1 fully saturated rings. The van der Waals surface area contributed by atoms with Crippen LogP contribution in [0.4, 0.5) is 5.69 Å². The van der Waals surface area contributed by atoms with Crippen molar-refractivity contribution in [2.45, 2.75) is 25.7 Å². The third kappa shape index (κ3) is 3.78. The number of hydrazine groups is 1. The van der Waals surface area contributed by atoms with Crippen LogP contribution in [0.25, 0.3) is 0 Å². The minimum atomic E-state index is -0.365. The van der Waals surface area contributed by atoms with Crippen LogP contribution in [0.2, 0.25) is 0 Å². The van der Waals surface area contributed by atoms with E-state index in [0.29, 0.717) is 0 Å². The number of nitrogens with zero attached hydrogens (tertiary/aromatic N) is 2. The lowest BCUT2D eigenvalue weighted by atomic mass is 10.1. The summed E-state index contributed by atoms with van der Waals surface area (Å²) in [5, 5.41) is 12.8. The highest BCUT2D eigenvalue weighted by Crippen LogP contribution is 2.12. The summed E-state index contributed by atoms with van der Waals surface area (Å²) in [6, 6.07) is 6.79. The zero-order valence-electron chi connectivity index (χ0n) is 10.5. The molecular formula is C13H19N3O2. The third-order valence-corrected chi connectivity index (χ3v) is 3.25. The monoisotopic (exact) mass is 249 g/mol. The maximum atomic E-state index is 10.5. The molecule has 0 aliphatic carbocycles. The van der Waals surface area contributed by atoms with Crippen LogP contribution in [0.3, 0.4) is 0 Å². The molecule has 98 valence electrons. The maximum Gasteiger partial charge on any atom is 0.269 e. The molecule has 2 rings (SSSR count). The van der Waals surface area contributed by atoms with Gasteiger partial charge in [0.1, 0.15) is 0 Å². The Kier molecular flexibility index (Phi) is 4.66. The van der Waals surface area contributed by atoms with Gasteiger partial charge in [-0.2, -0.15) is 0 Å². The number of hydrogen-bond acceptors (Lipinski definition) is 4. The molecule has 1 saturated heterocycles. The highest BCUT2D eigenvalue weighted by atomic mass is 16.6. The first-order valence-corrected chi connectivity index (χ1v) is 6.47. The van der Waals surface area contributed by atoms with Gasteiger partial charge in [-0.25, -0.2) is 5.01 Å². The fourth-order valence-corrected chi connectivity index (χ4v) is 2.19. The molecule has 0 atom stereocenters. The summed E-state index contributed by atoms with van der Waals surface area (Å²) < 4.78 is 0. The molecule has 0 spiro atoms. The smallest absolute Gasteiger partial charge is 0.258 e. The Bertz CT molecular complexity index is 386. The van der Waals surface area contributed by atoms with Crippen molar-refractivity contribution in [3.8, 4) is 0 Å². The van der Waals surface area contributed by atoms with E-state index in [2.05, 4.69) is 10.4 Å². The molecule has 1 aromatic rings. The van der Waals surface area contributed by atoms with Crippen LogP contribution < -0.4 is 5.43 Å². The van der Waals surface area contributed by atoms with Crippen LogP contribution in [-0.4, -0.2) is 29.6 Å². The van der Waals surface area contributed by atoms with E-state index in [9.17, 15) is 10.1 Å². The average Bonchev–Trinajstić information content (AvgIpc) is 2.40. The van der Waals surface area contributed by atoms with E-state index in [0.717, 1.165) is 31.6 Å². The predicted octanol–water partition coefficient (Wildman–Crippen LogP) is 2.13. The number of nitrogens with one attached hydrogen (secondary N) is 1. The molecule has 5 nitrogen and oxygen atoms in total. The summed E-state index contributed by atoms with van der Waals surface area (Å²) in [5.74, 6) is 0. The number of nitro groups is 1. The fraction of sp³-hybridized carbons (Fsp3) is 0.538. The molecule has 0 bridgehead atoms. The zero-order valence-corrected chi connectivity index (χ0v) is 10.5. The van der Waals surface area contributed by atoms with Crippen molar-refractivity contribution < 1.29 is 4.92 Å². The highest BCUT2D eigenvalue weighted by molar-refractivity contribution is 5.32. The van der Waals surface area contributed by atoms with Crippen molar-refractivity contribution in [3.63, 3.8) is 0 Å². The van der Waals surface area contributed by atoms with Crippen molar-refractivity contribution in [1.29, 1.82) is 0 Å². The van der Waals surface area contributed by atoms with E-state index in [4.69, 9.17) is 0 Å². The minimum absolute atomic E-state index is 0.155. The Labute approximate surface area is 107 Å². The van der Waals surface area contributed by atoms with Gasteiger partial charge in [-0.3, -0.25) is 15.5 Å². The number of piperidine rings is 1. The van der Waals surface area contributed by atoms with E-state index in [1.165, 1.54) is 19.3 Å². The van der Waals surface area contributed by atoms with Gasteiger partial charge < -0.3 is 0 Å². The van der Waals surface area contributed by atoms with Crippen LogP contribution in [-0.2, 0) is 6.42 Å². The summed E-state index contributed by atoms with van der Waals surface area (Å²) in [6.07, 6.45) is 4.77. The van der Waals surface area contributed by atoms with Crippen LogP contribution in [0, 0.1) is 10.1 Å². The summed E-state index contributed by atoms with van der Waals surface area (Å²) in [6.45, 7) is 3.14. The summed E-state index contributed by atoms with van der Waals surface area (Å²) in [7, 11) is 0. The molecule has 1 aliphatic rings. The molecule has 0 aromatic heterocycles. The van der Waals surface area contributed by atoms with Crippen molar-refractivity contribution in [1.82, 2.24) is 10.4 Å². The SMILES string of the molecule is O=[N+]([O-])c1ccc(CCNN2CCCCC2)cc1. The predicted molar refractivity (Wildman–Crippen MR) is 70.2 cm³/mol. The Balaban J connectivity index is 1.74. The lowest BCUT2D eigenvalue weighted by Crippen LogP contribution is -2.42. The lowest BCUT2D eigenvalue weighted by Gasteiger charge is -2.27. The Morgan fingerprint density at radius 1 is 1.17 bits per heavy atom. The van der Waals surface area contributed by atoms with Crippen LogP contribution >= 0.6 is 0 Å². The van der Waals surface area contributed by atoms with Crippen LogP contribution in [0.1, 0.15) is 24.8 Å². The van der Waals surface area contributed by atoms with Crippen molar-refractivity contribution in [2.24, 2.45) is 0 Å². The van der Waals surface area contributed by atoms with E-state index < -0.39 is 0 Å². The van der Waals surface area contributed by atoms with Crippen LogP contribution in [0.5, 0.6) is 0 Å². The standard InChI is InChI=1S/C13H19N3O2/c17-16(18)13-6-4-12(5-7-13)8-9-14-15-10-2-1-3-11-15/h4-7,14H,1-3,8-11H2. The first kappa shape index (κ1) is 13.0. The Hall–Kier alpha value is -1.46. The first-order chi connectivity index (χ1) is 8.75. The lowest BCUT2D eigenvalue weighted by molar-refractivity contribution is -0.384. The van der Waals surface area contributed by atoms with E-state index in [1.807, 2.05) is 12.1 Å². The first-order valence-electron chi connectivity index (χ1n) is 6.47. The van der Waals surface area contributed by atoms with Gasteiger partial charge in [-0.15, -0.1) is 0 Å². The fourth-order valence-electron chi connectivity index (χ4n) is 2.19. The van der Waals surface area contributed by atoms with Gasteiger partial charge in [0.15, 0.2) is 0 Å². The average molecular weight is 249 g/mol. The normalized spacial score (nSPS) is 16.7. The van der Waals surface area contributed by atoms with Crippen molar-refractivity contribution in [2.75, 3.05) is 19.6 Å². The van der Waals surface area contributed by atoms with Crippen LogP contribution in [0.15, 0.2) is 24.3 Å². The van der Waals surface area contributed by atoms with Crippen molar-refractivity contribution in [3.05, 3.63) is 39.9 Å². The molecule has 1 aliphatic heterocycles. The topological polar surface area (TPSA) is 58.4 Å². The molecule has 0 radical (unpaired) electrons. The summed E-state index contributed by atoms with van der Waals surface area (Å²) >= 11 is 0. The van der Waals surface area contributed by atoms with Gasteiger partial charge in [-0.1, -0.05) is 18.6 Å². The molecule has 1 N–H and O–H groups in total. The maximum absolute atomic E-state index is 10.5. The highest BCUT2D eigenvalue weighted by Gasteiger charge is 2.09. The number of rotatable bonds is 5. The minimum Gasteiger partial charge on any atom is -0.258 e. The van der Waals surface area contributed by atoms with Gasteiger partial charge in [0.05, 0.1) is 4.92 Å². The second-order valence-corrected chi connectivity index (χ2v) is 4.63. The van der Waals surface area contributed by atoms with Gasteiger partial charge in [-0.05, 0) is 24.8 Å².